The van der Waals surface area contributed by atoms with E-state index in [2.05, 4.69) is 0 Å². The van der Waals surface area contributed by atoms with Crippen LogP contribution in [0.5, 0.6) is 0 Å². The van der Waals surface area contributed by atoms with Gasteiger partial charge in [0, 0.05) is 28.9 Å². The van der Waals surface area contributed by atoms with Crippen LogP contribution in [0.25, 0.3) is 0 Å². The largest absolute Gasteiger partial charge is 0.478 e. The Morgan fingerprint density at radius 2 is 1.86 bits per heavy atom. The normalized spacial score (nSPS) is 10.6. The lowest BCUT2D eigenvalue weighted by atomic mass is 10.2. The molecule has 0 spiro atoms. The standard InChI is InChI=1S/C16H17NO3S/c1-10-8-13(11(2)17(10)3)14(18)9-21-15-7-5-4-6-12(15)16(19)20/h4-8H,9H2,1-3H3,(H,19,20). The molecule has 2 aromatic rings. The van der Waals surface area contributed by atoms with Gasteiger partial charge in [-0.15, -0.1) is 11.8 Å². The lowest BCUT2D eigenvalue weighted by molar-refractivity contribution is 0.0692. The Bertz CT molecular complexity index is 704. The number of Topliss-reactive ketones (excluding diaryl/α,β-unsaturated/α-hetero) is 1. The molecule has 0 fully saturated rings. The molecule has 1 heterocycles. The predicted molar refractivity (Wildman–Crippen MR) is 83.3 cm³/mol. The fourth-order valence-electron chi connectivity index (χ4n) is 2.13. The number of nitrogens with zero attached hydrogens (tertiary/aromatic N) is 1. The third-order valence-corrected chi connectivity index (χ3v) is 4.63. The summed E-state index contributed by atoms with van der Waals surface area (Å²) < 4.78 is 1.98. The molecular formula is C16H17NO3S. The first kappa shape index (κ1) is 15.4. The highest BCUT2D eigenvalue weighted by atomic mass is 32.2. The third-order valence-electron chi connectivity index (χ3n) is 3.55. The summed E-state index contributed by atoms with van der Waals surface area (Å²) >= 11 is 1.26. The van der Waals surface area contributed by atoms with Crippen LogP contribution in [0.4, 0.5) is 0 Å². The number of carbonyl (C=O) groups is 2. The van der Waals surface area contributed by atoms with Crippen LogP contribution in [-0.4, -0.2) is 27.2 Å². The molecule has 0 bridgehead atoms. The van der Waals surface area contributed by atoms with E-state index in [1.54, 1.807) is 24.3 Å². The highest BCUT2D eigenvalue weighted by Gasteiger charge is 2.16. The van der Waals surface area contributed by atoms with E-state index in [0.29, 0.717) is 10.5 Å². The number of aromatic carboxylic acids is 1. The maximum absolute atomic E-state index is 12.3. The van der Waals surface area contributed by atoms with Crippen LogP contribution in [0.15, 0.2) is 35.2 Å². The van der Waals surface area contributed by atoms with Gasteiger partial charge in [-0.3, -0.25) is 4.79 Å². The summed E-state index contributed by atoms with van der Waals surface area (Å²) in [5, 5.41) is 9.13. The molecule has 1 N–H and O–H groups in total. The highest BCUT2D eigenvalue weighted by molar-refractivity contribution is 8.00. The van der Waals surface area contributed by atoms with Gasteiger partial charge >= 0.3 is 5.97 Å². The first-order chi connectivity index (χ1) is 9.91. The monoisotopic (exact) mass is 303 g/mol. The Kier molecular flexibility index (Phi) is 4.53. The van der Waals surface area contributed by atoms with Gasteiger partial charge < -0.3 is 9.67 Å². The first-order valence-corrected chi connectivity index (χ1v) is 7.51. The molecule has 0 aliphatic carbocycles. The van der Waals surface area contributed by atoms with Crippen molar-refractivity contribution in [2.75, 3.05) is 5.75 Å². The molecule has 0 unspecified atom stereocenters. The van der Waals surface area contributed by atoms with Gasteiger partial charge in [-0.25, -0.2) is 4.79 Å². The molecule has 5 heteroatoms. The molecule has 0 atom stereocenters. The molecule has 4 nitrogen and oxygen atoms in total. The second-order valence-corrected chi connectivity index (χ2v) is 5.87. The van der Waals surface area contributed by atoms with Crippen molar-refractivity contribution in [1.82, 2.24) is 4.57 Å². The lowest BCUT2D eigenvalue weighted by Gasteiger charge is -2.05. The van der Waals surface area contributed by atoms with Crippen LogP contribution in [0.2, 0.25) is 0 Å². The van der Waals surface area contributed by atoms with Gasteiger partial charge in [0.25, 0.3) is 0 Å². The van der Waals surface area contributed by atoms with Gasteiger partial charge in [-0.1, -0.05) is 12.1 Å². The smallest absolute Gasteiger partial charge is 0.336 e. The van der Waals surface area contributed by atoms with Crippen LogP contribution in [0, 0.1) is 13.8 Å². The second kappa shape index (κ2) is 6.18. The van der Waals surface area contributed by atoms with Gasteiger partial charge in [0.05, 0.1) is 11.3 Å². The minimum Gasteiger partial charge on any atom is -0.478 e. The summed E-state index contributed by atoms with van der Waals surface area (Å²) in [7, 11) is 1.92. The van der Waals surface area contributed by atoms with E-state index in [0.717, 1.165) is 11.4 Å². The molecule has 0 amide bonds. The summed E-state index contributed by atoms with van der Waals surface area (Å²) in [5.74, 6) is -0.729. The molecule has 2 rings (SSSR count). The molecule has 21 heavy (non-hydrogen) atoms. The molecular weight excluding hydrogens is 286 g/mol. The number of carboxylic acids is 1. The van der Waals surface area contributed by atoms with E-state index < -0.39 is 5.97 Å². The van der Waals surface area contributed by atoms with E-state index in [9.17, 15) is 9.59 Å². The minimum atomic E-state index is -0.975. The molecule has 0 aliphatic rings. The average Bonchev–Trinajstić information content (AvgIpc) is 2.72. The van der Waals surface area contributed by atoms with Gasteiger partial charge in [-0.2, -0.15) is 0 Å². The molecule has 1 aromatic heterocycles. The van der Waals surface area contributed by atoms with Gasteiger partial charge in [0.15, 0.2) is 5.78 Å². The molecule has 0 saturated carbocycles. The van der Waals surface area contributed by atoms with Crippen LogP contribution >= 0.6 is 11.8 Å². The summed E-state index contributed by atoms with van der Waals surface area (Å²) in [6, 6.07) is 8.61. The van der Waals surface area contributed by atoms with E-state index >= 15 is 0 Å². The van der Waals surface area contributed by atoms with E-state index in [4.69, 9.17) is 5.11 Å². The average molecular weight is 303 g/mol. The second-order valence-electron chi connectivity index (χ2n) is 4.86. The maximum Gasteiger partial charge on any atom is 0.336 e. The van der Waals surface area contributed by atoms with Gasteiger partial charge in [-0.05, 0) is 32.0 Å². The van der Waals surface area contributed by atoms with Crippen molar-refractivity contribution >= 4 is 23.5 Å². The molecule has 0 radical (unpaired) electrons. The fraction of sp³-hybridized carbons (Fsp3) is 0.250. The Morgan fingerprint density at radius 1 is 1.19 bits per heavy atom. The number of hydrogen-bond acceptors (Lipinski definition) is 3. The van der Waals surface area contributed by atoms with E-state index in [1.807, 2.05) is 31.5 Å². The van der Waals surface area contributed by atoms with Crippen molar-refractivity contribution in [2.24, 2.45) is 7.05 Å². The molecule has 0 saturated heterocycles. The van der Waals surface area contributed by atoms with Crippen LogP contribution in [0.1, 0.15) is 32.1 Å². The number of ketones is 1. The molecule has 0 aliphatic heterocycles. The molecule has 110 valence electrons. The van der Waals surface area contributed by atoms with Crippen molar-refractivity contribution in [2.45, 2.75) is 18.7 Å². The van der Waals surface area contributed by atoms with Gasteiger partial charge in [0.1, 0.15) is 0 Å². The number of thioether (sulfide) groups is 1. The predicted octanol–water partition coefficient (Wildman–Crippen LogP) is 3.32. The molecule has 1 aromatic carbocycles. The number of aromatic nitrogens is 1. The Labute approximate surface area is 127 Å². The number of benzene rings is 1. The summed E-state index contributed by atoms with van der Waals surface area (Å²) in [5.41, 5.74) is 2.91. The Balaban J connectivity index is 2.15. The maximum atomic E-state index is 12.3. The zero-order valence-corrected chi connectivity index (χ0v) is 13.0. The zero-order chi connectivity index (χ0) is 15.6. The SMILES string of the molecule is Cc1cc(C(=O)CSc2ccccc2C(=O)O)c(C)n1C. The summed E-state index contributed by atoms with van der Waals surface area (Å²) in [6.07, 6.45) is 0. The van der Waals surface area contributed by atoms with Crippen molar-refractivity contribution < 1.29 is 14.7 Å². The lowest BCUT2D eigenvalue weighted by Crippen LogP contribution is -2.06. The highest BCUT2D eigenvalue weighted by Crippen LogP contribution is 2.24. The fourth-order valence-corrected chi connectivity index (χ4v) is 3.06. The summed E-state index contributed by atoms with van der Waals surface area (Å²) in [6.45, 7) is 3.87. The third kappa shape index (κ3) is 3.19. The number of rotatable bonds is 5. The van der Waals surface area contributed by atoms with Gasteiger partial charge in [0.2, 0.25) is 0 Å². The van der Waals surface area contributed by atoms with Crippen LogP contribution in [0.3, 0.4) is 0 Å². The first-order valence-electron chi connectivity index (χ1n) is 6.53. The number of carbonyl (C=O) groups excluding carboxylic acids is 1. The van der Waals surface area contributed by atoms with Crippen molar-refractivity contribution in [3.63, 3.8) is 0 Å². The minimum absolute atomic E-state index is 0.0152. The number of aryl methyl sites for hydroxylation is 1. The zero-order valence-electron chi connectivity index (χ0n) is 12.2. The number of hydrogen-bond donors (Lipinski definition) is 1. The number of carboxylic acid groups (broad SMARTS) is 1. The Hall–Kier alpha value is -2.01. The van der Waals surface area contributed by atoms with E-state index in [1.165, 1.54) is 11.8 Å². The van der Waals surface area contributed by atoms with Crippen LogP contribution in [-0.2, 0) is 7.05 Å². The quantitative estimate of drug-likeness (QED) is 0.680. The summed E-state index contributed by atoms with van der Waals surface area (Å²) in [4.78, 5) is 24.1. The Morgan fingerprint density at radius 3 is 2.43 bits per heavy atom. The van der Waals surface area contributed by atoms with E-state index in [-0.39, 0.29) is 17.1 Å². The topological polar surface area (TPSA) is 59.3 Å². The van der Waals surface area contributed by atoms with Crippen LogP contribution < -0.4 is 0 Å². The van der Waals surface area contributed by atoms with Crippen molar-refractivity contribution in [1.29, 1.82) is 0 Å². The van der Waals surface area contributed by atoms with Crippen molar-refractivity contribution in [3.05, 3.63) is 52.8 Å². The van der Waals surface area contributed by atoms with Crippen molar-refractivity contribution in [3.8, 4) is 0 Å².